The van der Waals surface area contributed by atoms with Gasteiger partial charge in [-0.15, -0.1) is 10.2 Å². The lowest BCUT2D eigenvalue weighted by molar-refractivity contribution is -0.404. The van der Waals surface area contributed by atoms with Crippen LogP contribution in [0.3, 0.4) is 0 Å². The highest BCUT2D eigenvalue weighted by atomic mass is 16.6. The fourth-order valence-corrected chi connectivity index (χ4v) is 2.05. The van der Waals surface area contributed by atoms with Crippen molar-refractivity contribution in [2.75, 3.05) is 11.1 Å². The van der Waals surface area contributed by atoms with Gasteiger partial charge in [0.25, 0.3) is 11.4 Å². The molecule has 0 aliphatic heterocycles. The Morgan fingerprint density at radius 2 is 1.40 bits per heavy atom. The van der Waals surface area contributed by atoms with E-state index in [9.17, 15) is 30.3 Å². The number of rotatable bonds is 5. The number of aromatic hydroxyl groups is 1. The summed E-state index contributed by atoms with van der Waals surface area (Å²) in [5, 5.41) is 50.9. The van der Waals surface area contributed by atoms with Crippen molar-refractivity contribution < 1.29 is 19.9 Å². The first-order valence-corrected chi connectivity index (χ1v) is 7.90. The second-order valence-electron chi connectivity index (χ2n) is 5.44. The zero-order valence-corrected chi connectivity index (χ0v) is 14.9. The molecular weight excluding hydrogens is 402 g/mol. The molecular formula is C16H13N7O7. The van der Waals surface area contributed by atoms with E-state index in [1.807, 2.05) is 30.3 Å². The molecule has 0 unspecified atom stereocenters. The molecule has 0 bridgehead atoms. The van der Waals surface area contributed by atoms with E-state index in [-0.39, 0.29) is 0 Å². The van der Waals surface area contributed by atoms with Crippen molar-refractivity contribution in [3.63, 3.8) is 0 Å². The molecule has 1 heterocycles. The fourth-order valence-electron chi connectivity index (χ4n) is 2.05. The molecule has 0 spiro atoms. The van der Waals surface area contributed by atoms with E-state index in [1.165, 1.54) is 0 Å². The molecule has 4 N–H and O–H groups in total. The molecule has 0 fully saturated rings. The average molecular weight is 415 g/mol. The molecule has 3 rings (SSSR count). The largest absolute Gasteiger partial charge is 0.497 e. The van der Waals surface area contributed by atoms with E-state index in [1.54, 1.807) is 12.1 Å². The van der Waals surface area contributed by atoms with Crippen molar-refractivity contribution in [1.82, 2.24) is 10.2 Å². The maximum atomic E-state index is 10.4. The number of phenolic OH excluding ortho intramolecular Hbond substituents is 1. The Bertz CT molecular complexity index is 1040. The van der Waals surface area contributed by atoms with E-state index in [0.29, 0.717) is 23.8 Å². The smallest absolute Gasteiger partial charge is 0.324 e. The Morgan fingerprint density at radius 3 is 1.83 bits per heavy atom. The van der Waals surface area contributed by atoms with Gasteiger partial charge in [0.2, 0.25) is 0 Å². The maximum Gasteiger partial charge on any atom is 0.324 e. The fraction of sp³-hybridized carbons (Fsp3) is 0. The Balaban J connectivity index is 0.000000215. The topological polar surface area (TPSA) is 213 Å². The number of anilines is 3. The minimum atomic E-state index is -1.21. The second-order valence-corrected chi connectivity index (χ2v) is 5.44. The van der Waals surface area contributed by atoms with Gasteiger partial charge in [0.1, 0.15) is 5.82 Å². The minimum absolute atomic E-state index is 0.420. The monoisotopic (exact) mass is 415 g/mol. The van der Waals surface area contributed by atoms with Crippen LogP contribution >= 0.6 is 0 Å². The summed E-state index contributed by atoms with van der Waals surface area (Å²) in [6.45, 7) is 0. The number of nitrogens with one attached hydrogen (secondary N) is 1. The van der Waals surface area contributed by atoms with Crippen LogP contribution in [0.2, 0.25) is 0 Å². The molecule has 30 heavy (non-hydrogen) atoms. The maximum absolute atomic E-state index is 10.4. The number of non-ortho nitro benzene ring substituents is 1. The summed E-state index contributed by atoms with van der Waals surface area (Å²) in [6, 6.07) is 14.2. The Kier molecular flexibility index (Phi) is 6.68. The van der Waals surface area contributed by atoms with E-state index >= 15 is 0 Å². The van der Waals surface area contributed by atoms with Gasteiger partial charge < -0.3 is 16.2 Å². The average Bonchev–Trinajstić information content (AvgIpc) is 2.70. The highest BCUT2D eigenvalue weighted by molar-refractivity contribution is 5.64. The lowest BCUT2D eigenvalue weighted by Gasteiger charge is -2.03. The number of hydrogen-bond acceptors (Lipinski definition) is 11. The van der Waals surface area contributed by atoms with Gasteiger partial charge in [0, 0.05) is 5.69 Å². The number of nitrogen functional groups attached to an aromatic ring is 1. The number of phenols is 1. The highest BCUT2D eigenvalue weighted by Gasteiger charge is 2.30. The first-order chi connectivity index (χ1) is 14.2. The van der Waals surface area contributed by atoms with Gasteiger partial charge in [-0.05, 0) is 24.3 Å². The first-order valence-electron chi connectivity index (χ1n) is 7.90. The number of hydrogen-bond donors (Lipinski definition) is 3. The van der Waals surface area contributed by atoms with Gasteiger partial charge in [0.15, 0.2) is 5.82 Å². The van der Waals surface area contributed by atoms with Crippen LogP contribution in [-0.4, -0.2) is 30.1 Å². The zero-order valence-electron chi connectivity index (χ0n) is 14.9. The van der Waals surface area contributed by atoms with Crippen LogP contribution in [0.25, 0.3) is 0 Å². The molecule has 3 aromatic rings. The number of para-hydroxylation sites is 1. The summed E-state index contributed by atoms with van der Waals surface area (Å²) in [7, 11) is 0. The summed E-state index contributed by atoms with van der Waals surface area (Å²) in [4.78, 5) is 27.8. The van der Waals surface area contributed by atoms with Crippen molar-refractivity contribution in [2.24, 2.45) is 0 Å². The summed E-state index contributed by atoms with van der Waals surface area (Å²) < 4.78 is 0. The number of benzene rings is 2. The van der Waals surface area contributed by atoms with Crippen LogP contribution in [0.4, 0.5) is 34.4 Å². The van der Waals surface area contributed by atoms with Crippen LogP contribution in [0.5, 0.6) is 5.75 Å². The summed E-state index contributed by atoms with van der Waals surface area (Å²) in [5.74, 6) is -0.102. The molecule has 1 aromatic heterocycles. The normalized spacial score (nSPS) is 9.73. The minimum Gasteiger partial charge on any atom is -0.497 e. The molecule has 154 valence electrons. The van der Waals surface area contributed by atoms with Gasteiger partial charge in [-0.1, -0.05) is 18.2 Å². The van der Waals surface area contributed by atoms with Crippen molar-refractivity contribution >= 4 is 34.4 Å². The molecule has 0 radical (unpaired) electrons. The molecule has 2 aromatic carbocycles. The molecule has 0 aliphatic rings. The molecule has 14 heteroatoms. The molecule has 0 aliphatic carbocycles. The van der Waals surface area contributed by atoms with Crippen LogP contribution < -0.4 is 11.1 Å². The van der Waals surface area contributed by atoms with Gasteiger partial charge in [-0.2, -0.15) is 0 Å². The summed E-state index contributed by atoms with van der Waals surface area (Å²) in [6.07, 6.45) is 0. The van der Waals surface area contributed by atoms with Crippen molar-refractivity contribution in [3.05, 3.63) is 84.9 Å². The van der Waals surface area contributed by atoms with E-state index < -0.39 is 37.6 Å². The van der Waals surface area contributed by atoms with Crippen LogP contribution in [-0.2, 0) is 0 Å². The van der Waals surface area contributed by atoms with Crippen LogP contribution in [0.15, 0.2) is 54.6 Å². The Hall–Kier alpha value is -4.88. The quantitative estimate of drug-likeness (QED) is 0.406. The number of nitro groups is 3. The van der Waals surface area contributed by atoms with Gasteiger partial charge in [-0.25, -0.2) is 0 Å². The van der Waals surface area contributed by atoms with Crippen molar-refractivity contribution in [1.29, 1.82) is 0 Å². The SMILES string of the molecule is Nc1ccc(Nc2ccccc2)nn1.O=[N+]([O-])c1cc([N+](=O)[O-])c(O)c([N+](=O)[O-])c1. The third-order valence-corrected chi connectivity index (χ3v) is 3.39. The lowest BCUT2D eigenvalue weighted by Crippen LogP contribution is -1.97. The number of nitro benzene ring substituents is 3. The lowest BCUT2D eigenvalue weighted by atomic mass is 10.2. The molecule has 14 nitrogen and oxygen atoms in total. The van der Waals surface area contributed by atoms with Crippen LogP contribution in [0, 0.1) is 30.3 Å². The van der Waals surface area contributed by atoms with E-state index in [4.69, 9.17) is 10.8 Å². The van der Waals surface area contributed by atoms with Gasteiger partial charge in [0.05, 0.1) is 26.9 Å². The van der Waals surface area contributed by atoms with E-state index in [2.05, 4.69) is 15.5 Å². The third kappa shape index (κ3) is 5.56. The number of aromatic nitrogens is 2. The summed E-state index contributed by atoms with van der Waals surface area (Å²) >= 11 is 0. The second kappa shape index (κ2) is 9.36. The standard InChI is InChI=1S/C10H10N4.C6H3N3O7/c11-9-6-7-10(14-13-9)12-8-4-2-1-3-5-8;10-6-4(8(13)14)1-3(7(11)12)2-5(6)9(15)16/h1-7H,(H2,11,13)(H,12,14);1-2,10H. The number of nitrogens with two attached hydrogens (primary N) is 1. The first kappa shape index (κ1) is 21.4. The van der Waals surface area contributed by atoms with Crippen LogP contribution in [0.1, 0.15) is 0 Å². The molecule has 0 saturated carbocycles. The van der Waals surface area contributed by atoms with Gasteiger partial charge >= 0.3 is 11.4 Å². The highest BCUT2D eigenvalue weighted by Crippen LogP contribution is 2.38. The number of nitrogens with zero attached hydrogens (tertiary/aromatic N) is 5. The molecule has 0 saturated heterocycles. The summed E-state index contributed by atoms with van der Waals surface area (Å²) in [5.41, 5.74) is 3.40. The van der Waals surface area contributed by atoms with E-state index in [0.717, 1.165) is 5.69 Å². The Morgan fingerprint density at radius 1 is 0.833 bits per heavy atom. The predicted molar refractivity (Wildman–Crippen MR) is 104 cm³/mol. The van der Waals surface area contributed by atoms with Gasteiger partial charge in [-0.3, -0.25) is 30.3 Å². The molecule has 0 amide bonds. The van der Waals surface area contributed by atoms with Crippen molar-refractivity contribution in [2.45, 2.75) is 0 Å². The zero-order chi connectivity index (χ0) is 22.3. The predicted octanol–water partition coefficient (Wildman–Crippen LogP) is 2.92. The molecule has 0 atom stereocenters. The van der Waals surface area contributed by atoms with Crippen molar-refractivity contribution in [3.8, 4) is 5.75 Å². The Labute approximate surface area is 167 Å². The third-order valence-electron chi connectivity index (χ3n) is 3.39.